The summed E-state index contributed by atoms with van der Waals surface area (Å²) in [4.78, 5) is 11.7. The highest BCUT2D eigenvalue weighted by molar-refractivity contribution is 5.92. The van der Waals surface area contributed by atoms with Gasteiger partial charge >= 0.3 is 0 Å². The summed E-state index contributed by atoms with van der Waals surface area (Å²) in [6, 6.07) is 0. The largest absolute Gasteiger partial charge is 0.394 e. The van der Waals surface area contributed by atoms with Gasteiger partial charge < -0.3 is 15.8 Å². The molecule has 0 bridgehead atoms. The van der Waals surface area contributed by atoms with Crippen molar-refractivity contribution < 1.29 is 9.53 Å². The van der Waals surface area contributed by atoms with E-state index < -0.39 is 0 Å². The molecule has 1 unspecified atom stereocenters. The molecular formula is C12H20N4O2. The minimum Gasteiger partial charge on any atom is -0.394 e. The fraction of sp³-hybridized carbons (Fsp3) is 0.667. The van der Waals surface area contributed by atoms with Crippen LogP contribution in [0.5, 0.6) is 0 Å². The van der Waals surface area contributed by atoms with Gasteiger partial charge in [0.25, 0.3) is 0 Å². The molecular weight excluding hydrogens is 232 g/mol. The van der Waals surface area contributed by atoms with Crippen molar-refractivity contribution in [3.05, 3.63) is 5.69 Å². The zero-order valence-electron chi connectivity index (χ0n) is 10.7. The number of hydrogen-bond acceptors (Lipinski definition) is 4. The third-order valence-corrected chi connectivity index (χ3v) is 3.22. The number of aromatic amines is 1. The second-order valence-corrected chi connectivity index (χ2v) is 4.69. The molecule has 1 amide bonds. The molecule has 0 aromatic carbocycles. The Bertz CT molecular complexity index is 410. The monoisotopic (exact) mass is 252 g/mol. The van der Waals surface area contributed by atoms with Gasteiger partial charge in [-0.2, -0.15) is 5.10 Å². The molecule has 100 valence electrons. The van der Waals surface area contributed by atoms with E-state index >= 15 is 0 Å². The van der Waals surface area contributed by atoms with Gasteiger partial charge in [0, 0.05) is 13.0 Å². The smallest absolute Gasteiger partial charge is 0.225 e. The Hall–Kier alpha value is -1.56. The van der Waals surface area contributed by atoms with Gasteiger partial charge in [-0.15, -0.1) is 0 Å². The summed E-state index contributed by atoms with van der Waals surface area (Å²) in [6.45, 7) is 2.63. The summed E-state index contributed by atoms with van der Waals surface area (Å²) in [5.41, 5.74) is 7.02. The number of aryl methyl sites for hydroxylation is 1. The summed E-state index contributed by atoms with van der Waals surface area (Å²) < 4.78 is 5.58. The number of nitrogens with one attached hydrogen (secondary N) is 2. The van der Waals surface area contributed by atoms with E-state index in [9.17, 15) is 4.79 Å². The molecule has 1 aromatic rings. The van der Waals surface area contributed by atoms with Crippen LogP contribution in [0.15, 0.2) is 0 Å². The van der Waals surface area contributed by atoms with E-state index in [0.717, 1.165) is 31.6 Å². The van der Waals surface area contributed by atoms with Crippen LogP contribution in [0.2, 0.25) is 0 Å². The highest BCUT2D eigenvalue weighted by atomic mass is 16.5. The van der Waals surface area contributed by atoms with Gasteiger partial charge in [-0.1, -0.05) is 0 Å². The molecule has 2 rings (SSSR count). The Labute approximate surface area is 106 Å². The molecule has 4 N–H and O–H groups in total. The van der Waals surface area contributed by atoms with Crippen molar-refractivity contribution in [3.63, 3.8) is 0 Å². The number of carbonyl (C=O) groups excluding carboxylic acids is 1. The van der Waals surface area contributed by atoms with Crippen molar-refractivity contribution in [2.75, 3.05) is 17.7 Å². The van der Waals surface area contributed by atoms with E-state index in [1.165, 1.54) is 6.42 Å². The predicted molar refractivity (Wildman–Crippen MR) is 69.2 cm³/mol. The molecule has 6 heteroatoms. The van der Waals surface area contributed by atoms with Gasteiger partial charge in [0.1, 0.15) is 0 Å². The summed E-state index contributed by atoms with van der Waals surface area (Å²) >= 11 is 0. The SMILES string of the molecule is Cc1[nH]nc(NC(=O)CCC2CCCCO2)c1N. The second kappa shape index (κ2) is 5.86. The standard InChI is InChI=1S/C12H20N4O2/c1-8-11(13)12(16-15-8)14-10(17)6-5-9-4-2-3-7-18-9/h9H,2-7,13H2,1H3,(H2,14,15,16,17). The lowest BCUT2D eigenvalue weighted by molar-refractivity contribution is -0.117. The van der Waals surface area contributed by atoms with Crippen molar-refractivity contribution in [1.29, 1.82) is 0 Å². The molecule has 1 saturated heterocycles. The number of aromatic nitrogens is 2. The van der Waals surface area contributed by atoms with Crippen LogP contribution < -0.4 is 11.1 Å². The van der Waals surface area contributed by atoms with E-state index in [4.69, 9.17) is 10.5 Å². The zero-order valence-corrected chi connectivity index (χ0v) is 10.7. The number of H-pyrrole nitrogens is 1. The minimum absolute atomic E-state index is 0.0672. The lowest BCUT2D eigenvalue weighted by Crippen LogP contribution is -2.22. The third kappa shape index (κ3) is 3.22. The number of hydrogen-bond donors (Lipinski definition) is 3. The molecule has 0 aliphatic carbocycles. The number of ether oxygens (including phenoxy) is 1. The lowest BCUT2D eigenvalue weighted by atomic mass is 10.0. The molecule has 1 aliphatic rings. The summed E-state index contributed by atoms with van der Waals surface area (Å²) in [5, 5.41) is 9.38. The number of anilines is 2. The predicted octanol–water partition coefficient (Wildman–Crippen LogP) is 1.59. The Kier molecular flexibility index (Phi) is 4.19. The molecule has 1 aromatic heterocycles. The number of nitrogens with two attached hydrogens (primary N) is 1. The van der Waals surface area contributed by atoms with Gasteiger partial charge in [-0.25, -0.2) is 0 Å². The maximum absolute atomic E-state index is 11.7. The Morgan fingerprint density at radius 1 is 1.61 bits per heavy atom. The van der Waals surface area contributed by atoms with Crippen LogP contribution in [-0.4, -0.2) is 28.8 Å². The minimum atomic E-state index is -0.0672. The van der Waals surface area contributed by atoms with Crippen LogP contribution >= 0.6 is 0 Å². The van der Waals surface area contributed by atoms with E-state index in [2.05, 4.69) is 15.5 Å². The quantitative estimate of drug-likeness (QED) is 0.758. The number of carbonyl (C=O) groups is 1. The van der Waals surface area contributed by atoms with Crippen molar-refractivity contribution in [2.45, 2.75) is 45.1 Å². The molecule has 1 atom stereocenters. The first kappa shape index (κ1) is 12.9. The van der Waals surface area contributed by atoms with Crippen LogP contribution in [0.3, 0.4) is 0 Å². The van der Waals surface area contributed by atoms with Gasteiger partial charge in [0.2, 0.25) is 5.91 Å². The van der Waals surface area contributed by atoms with Crippen LogP contribution in [0.1, 0.15) is 37.8 Å². The fourth-order valence-electron chi connectivity index (χ4n) is 2.05. The van der Waals surface area contributed by atoms with Crippen molar-refractivity contribution in [1.82, 2.24) is 10.2 Å². The average Bonchev–Trinajstić information content (AvgIpc) is 2.70. The van der Waals surface area contributed by atoms with E-state index in [-0.39, 0.29) is 12.0 Å². The molecule has 0 radical (unpaired) electrons. The fourth-order valence-corrected chi connectivity index (χ4v) is 2.05. The Morgan fingerprint density at radius 3 is 3.06 bits per heavy atom. The number of amides is 1. The van der Waals surface area contributed by atoms with E-state index in [0.29, 0.717) is 17.9 Å². The molecule has 6 nitrogen and oxygen atoms in total. The van der Waals surface area contributed by atoms with Crippen LogP contribution in [0, 0.1) is 6.92 Å². The first-order valence-corrected chi connectivity index (χ1v) is 6.38. The maximum Gasteiger partial charge on any atom is 0.225 e. The van der Waals surface area contributed by atoms with Gasteiger partial charge in [0.15, 0.2) is 5.82 Å². The summed E-state index contributed by atoms with van der Waals surface area (Å²) in [5.74, 6) is 0.351. The maximum atomic E-state index is 11.7. The molecule has 1 aliphatic heterocycles. The highest BCUT2D eigenvalue weighted by Crippen LogP contribution is 2.20. The normalized spacial score (nSPS) is 19.7. The topological polar surface area (TPSA) is 93.0 Å². The van der Waals surface area contributed by atoms with Gasteiger partial charge in [-0.05, 0) is 32.6 Å². The van der Waals surface area contributed by atoms with Crippen LogP contribution in [0.25, 0.3) is 0 Å². The number of nitrogen functional groups attached to an aromatic ring is 1. The summed E-state index contributed by atoms with van der Waals surface area (Å²) in [7, 11) is 0. The second-order valence-electron chi connectivity index (χ2n) is 4.69. The zero-order chi connectivity index (χ0) is 13.0. The number of rotatable bonds is 4. The van der Waals surface area contributed by atoms with Gasteiger partial charge in [0.05, 0.1) is 17.5 Å². The van der Waals surface area contributed by atoms with E-state index in [1.54, 1.807) is 0 Å². The molecule has 0 spiro atoms. The van der Waals surface area contributed by atoms with Crippen molar-refractivity contribution in [2.24, 2.45) is 0 Å². The average molecular weight is 252 g/mol. The lowest BCUT2D eigenvalue weighted by Gasteiger charge is -2.22. The van der Waals surface area contributed by atoms with E-state index in [1.807, 2.05) is 6.92 Å². The van der Waals surface area contributed by atoms with Crippen LogP contribution in [0.4, 0.5) is 11.5 Å². The van der Waals surface area contributed by atoms with Crippen molar-refractivity contribution >= 4 is 17.4 Å². The molecule has 18 heavy (non-hydrogen) atoms. The Morgan fingerprint density at radius 2 is 2.44 bits per heavy atom. The highest BCUT2D eigenvalue weighted by Gasteiger charge is 2.16. The first-order valence-electron chi connectivity index (χ1n) is 6.38. The molecule has 0 saturated carbocycles. The molecule has 2 heterocycles. The third-order valence-electron chi connectivity index (χ3n) is 3.22. The summed E-state index contributed by atoms with van der Waals surface area (Å²) in [6.07, 6.45) is 4.80. The van der Waals surface area contributed by atoms with Gasteiger partial charge in [-0.3, -0.25) is 9.89 Å². The first-order chi connectivity index (χ1) is 8.66. The molecule has 1 fully saturated rings. The Balaban J connectivity index is 1.76. The number of nitrogens with zero attached hydrogens (tertiary/aromatic N) is 1. The van der Waals surface area contributed by atoms with Crippen molar-refractivity contribution in [3.8, 4) is 0 Å². The van der Waals surface area contributed by atoms with Crippen LogP contribution in [-0.2, 0) is 9.53 Å².